The summed E-state index contributed by atoms with van der Waals surface area (Å²) in [5.74, 6) is -0.377. The lowest BCUT2D eigenvalue weighted by molar-refractivity contribution is 0.118. The van der Waals surface area contributed by atoms with Gasteiger partial charge < -0.3 is 9.64 Å². The van der Waals surface area contributed by atoms with Crippen LogP contribution in [0.3, 0.4) is 0 Å². The molecule has 1 aromatic rings. The van der Waals surface area contributed by atoms with Crippen molar-refractivity contribution in [3.8, 4) is 6.07 Å². The molecule has 2 rings (SSSR count). The predicted octanol–water partition coefficient (Wildman–Crippen LogP) is 2.31. The van der Waals surface area contributed by atoms with Gasteiger partial charge in [-0.05, 0) is 31.5 Å². The molecule has 1 aromatic carbocycles. The van der Waals surface area contributed by atoms with Crippen LogP contribution in [0.1, 0.15) is 18.9 Å². The van der Waals surface area contributed by atoms with Gasteiger partial charge in [-0.15, -0.1) is 0 Å². The lowest BCUT2D eigenvalue weighted by atomic mass is 10.1. The first-order valence-electron chi connectivity index (χ1n) is 5.67. The van der Waals surface area contributed by atoms with E-state index in [9.17, 15) is 4.39 Å². The molecule has 90 valence electrons. The van der Waals surface area contributed by atoms with Gasteiger partial charge in [0, 0.05) is 19.3 Å². The lowest BCUT2D eigenvalue weighted by Crippen LogP contribution is -2.36. The van der Waals surface area contributed by atoms with Gasteiger partial charge in [-0.3, -0.25) is 0 Å². The Morgan fingerprint density at radius 2 is 2.24 bits per heavy atom. The van der Waals surface area contributed by atoms with Gasteiger partial charge in [0.05, 0.1) is 23.8 Å². The summed E-state index contributed by atoms with van der Waals surface area (Å²) < 4.78 is 18.8. The Morgan fingerprint density at radius 1 is 1.47 bits per heavy atom. The van der Waals surface area contributed by atoms with Crippen molar-refractivity contribution in [2.45, 2.75) is 25.5 Å². The molecule has 1 saturated heterocycles. The van der Waals surface area contributed by atoms with Crippen LogP contribution in [0.4, 0.5) is 10.1 Å². The molecule has 0 bridgehead atoms. The number of rotatable bonds is 2. The number of benzene rings is 1. The van der Waals surface area contributed by atoms with Gasteiger partial charge in [-0.25, -0.2) is 4.39 Å². The lowest BCUT2D eigenvalue weighted by Gasteiger charge is -2.28. The third-order valence-electron chi connectivity index (χ3n) is 3.25. The molecule has 4 heteroatoms. The fourth-order valence-corrected chi connectivity index (χ4v) is 2.26. The number of hydrogen-bond donors (Lipinski definition) is 0. The van der Waals surface area contributed by atoms with E-state index in [1.54, 1.807) is 6.07 Å². The van der Waals surface area contributed by atoms with E-state index < -0.39 is 0 Å². The molecule has 2 unspecified atom stereocenters. The first kappa shape index (κ1) is 11.9. The minimum atomic E-state index is -0.377. The summed E-state index contributed by atoms with van der Waals surface area (Å²) >= 11 is 0. The fourth-order valence-electron chi connectivity index (χ4n) is 2.26. The quantitative estimate of drug-likeness (QED) is 0.787. The van der Waals surface area contributed by atoms with E-state index in [1.807, 2.05) is 24.9 Å². The second-order valence-electron chi connectivity index (χ2n) is 4.35. The minimum Gasteiger partial charge on any atom is -0.376 e. The molecule has 2 atom stereocenters. The molecule has 0 saturated carbocycles. The maximum Gasteiger partial charge on any atom is 0.126 e. The maximum atomic E-state index is 13.4. The standard InChI is InChI=1S/C13H15FN2O/c1-9-13(3-4-17-9)16(2)12-6-10(8-15)5-11(14)7-12/h5-7,9,13H,3-4H2,1-2H3. The van der Waals surface area contributed by atoms with Gasteiger partial charge in [-0.2, -0.15) is 5.26 Å². The Labute approximate surface area is 100 Å². The Balaban J connectivity index is 2.27. The molecule has 1 aliphatic rings. The number of nitriles is 1. The zero-order valence-electron chi connectivity index (χ0n) is 9.98. The average Bonchev–Trinajstić information content (AvgIpc) is 2.73. The Hall–Kier alpha value is -1.60. The Morgan fingerprint density at radius 3 is 2.82 bits per heavy atom. The number of halogens is 1. The summed E-state index contributed by atoms with van der Waals surface area (Å²) in [6, 6.07) is 6.60. The molecule has 0 aliphatic carbocycles. The van der Waals surface area contributed by atoms with Crippen LogP contribution in [-0.2, 0) is 4.74 Å². The predicted molar refractivity (Wildman–Crippen MR) is 63.3 cm³/mol. The highest BCUT2D eigenvalue weighted by Crippen LogP contribution is 2.25. The smallest absolute Gasteiger partial charge is 0.126 e. The van der Waals surface area contributed by atoms with Gasteiger partial charge in [-0.1, -0.05) is 0 Å². The SMILES string of the molecule is CC1OCCC1N(C)c1cc(F)cc(C#N)c1. The molecule has 1 aliphatic heterocycles. The first-order chi connectivity index (χ1) is 8.11. The molecular formula is C13H15FN2O. The molecule has 3 nitrogen and oxygen atoms in total. The number of ether oxygens (including phenoxy) is 1. The Bertz CT molecular complexity index is 455. The maximum absolute atomic E-state index is 13.4. The van der Waals surface area contributed by atoms with Gasteiger partial charge in [0.1, 0.15) is 5.82 Å². The van der Waals surface area contributed by atoms with Gasteiger partial charge >= 0.3 is 0 Å². The highest BCUT2D eigenvalue weighted by molar-refractivity contribution is 5.52. The van der Waals surface area contributed by atoms with Crippen LogP contribution in [-0.4, -0.2) is 25.8 Å². The second kappa shape index (κ2) is 4.72. The van der Waals surface area contributed by atoms with Crippen molar-refractivity contribution in [2.24, 2.45) is 0 Å². The molecule has 1 fully saturated rings. The number of anilines is 1. The summed E-state index contributed by atoms with van der Waals surface area (Å²) in [5.41, 5.74) is 1.07. The van der Waals surface area contributed by atoms with Crippen molar-refractivity contribution in [1.82, 2.24) is 0 Å². The monoisotopic (exact) mass is 234 g/mol. The van der Waals surface area contributed by atoms with Crippen molar-refractivity contribution in [1.29, 1.82) is 5.26 Å². The summed E-state index contributed by atoms with van der Waals surface area (Å²) in [5, 5.41) is 8.83. The van der Waals surface area contributed by atoms with Crippen molar-refractivity contribution in [2.75, 3.05) is 18.6 Å². The summed E-state index contributed by atoms with van der Waals surface area (Å²) in [4.78, 5) is 1.99. The van der Waals surface area contributed by atoms with E-state index in [0.29, 0.717) is 5.56 Å². The van der Waals surface area contributed by atoms with E-state index in [4.69, 9.17) is 10.00 Å². The molecular weight excluding hydrogens is 219 g/mol. The van der Waals surface area contributed by atoms with Crippen molar-refractivity contribution in [3.05, 3.63) is 29.6 Å². The number of likely N-dealkylation sites (N-methyl/N-ethyl adjacent to an activating group) is 1. The topological polar surface area (TPSA) is 36.3 Å². The van der Waals surface area contributed by atoms with Crippen LogP contribution >= 0.6 is 0 Å². The summed E-state index contributed by atoms with van der Waals surface area (Å²) in [6.45, 7) is 2.75. The molecule has 1 heterocycles. The normalized spacial score (nSPS) is 23.4. The average molecular weight is 234 g/mol. The largest absolute Gasteiger partial charge is 0.376 e. The zero-order chi connectivity index (χ0) is 12.4. The second-order valence-corrected chi connectivity index (χ2v) is 4.35. The highest BCUT2D eigenvalue weighted by Gasteiger charge is 2.28. The minimum absolute atomic E-state index is 0.133. The molecule has 0 aromatic heterocycles. The third-order valence-corrected chi connectivity index (χ3v) is 3.25. The van der Waals surface area contributed by atoms with Crippen LogP contribution in [0.5, 0.6) is 0 Å². The van der Waals surface area contributed by atoms with Crippen LogP contribution < -0.4 is 4.90 Å². The van der Waals surface area contributed by atoms with Gasteiger partial charge in [0.25, 0.3) is 0 Å². The third kappa shape index (κ3) is 2.40. The fraction of sp³-hybridized carbons (Fsp3) is 0.462. The van der Waals surface area contributed by atoms with Crippen molar-refractivity contribution < 1.29 is 9.13 Å². The summed E-state index contributed by atoms with van der Waals surface area (Å²) in [7, 11) is 1.91. The molecule has 0 N–H and O–H groups in total. The van der Waals surface area contributed by atoms with E-state index in [0.717, 1.165) is 18.7 Å². The molecule has 0 spiro atoms. The van der Waals surface area contributed by atoms with Crippen LogP contribution in [0.25, 0.3) is 0 Å². The zero-order valence-corrected chi connectivity index (χ0v) is 9.98. The van der Waals surface area contributed by atoms with Gasteiger partial charge in [0.2, 0.25) is 0 Å². The van der Waals surface area contributed by atoms with E-state index in [-0.39, 0.29) is 18.0 Å². The number of nitrogens with zero attached hydrogens (tertiary/aromatic N) is 2. The van der Waals surface area contributed by atoms with Crippen molar-refractivity contribution >= 4 is 5.69 Å². The Kier molecular flexibility index (Phi) is 3.30. The molecule has 17 heavy (non-hydrogen) atoms. The highest BCUT2D eigenvalue weighted by atomic mass is 19.1. The molecule has 0 radical (unpaired) electrons. The van der Waals surface area contributed by atoms with E-state index >= 15 is 0 Å². The molecule has 0 amide bonds. The van der Waals surface area contributed by atoms with E-state index in [1.165, 1.54) is 12.1 Å². The van der Waals surface area contributed by atoms with Crippen molar-refractivity contribution in [3.63, 3.8) is 0 Å². The number of hydrogen-bond acceptors (Lipinski definition) is 3. The van der Waals surface area contributed by atoms with Crippen LogP contribution in [0.2, 0.25) is 0 Å². The first-order valence-corrected chi connectivity index (χ1v) is 5.67. The summed E-state index contributed by atoms with van der Waals surface area (Å²) in [6.07, 6.45) is 1.06. The van der Waals surface area contributed by atoms with Crippen LogP contribution in [0.15, 0.2) is 18.2 Å². The van der Waals surface area contributed by atoms with E-state index in [2.05, 4.69) is 0 Å². The van der Waals surface area contributed by atoms with Gasteiger partial charge in [0.15, 0.2) is 0 Å². The van der Waals surface area contributed by atoms with Crippen LogP contribution in [0, 0.1) is 17.1 Å².